The predicted molar refractivity (Wildman–Crippen MR) is 136 cm³/mol. The molecule has 0 radical (unpaired) electrons. The van der Waals surface area contributed by atoms with Crippen molar-refractivity contribution in [1.82, 2.24) is 14.9 Å². The number of hydrogen-bond donors (Lipinski definition) is 2. The van der Waals surface area contributed by atoms with E-state index in [0.29, 0.717) is 37.6 Å². The molecule has 36 heavy (non-hydrogen) atoms. The normalized spacial score (nSPS) is 21.2. The van der Waals surface area contributed by atoms with Crippen molar-refractivity contribution in [3.05, 3.63) is 57.6 Å². The standard InChI is InChI=1S/C24H27Cl2FN6O3/c1-14(19-15(25)2-3-16(27)20(19)26)36-22-21(28)30-12-18(32-22)17-4-5-24(13-31-17,23(29)34)6-7-33-8-10-35-11-9-33/h2-5,12,14H,6-11,13H2,1H3,(H2,28,30)(H2,29,34). The van der Waals surface area contributed by atoms with Crippen LogP contribution in [0.25, 0.3) is 0 Å². The van der Waals surface area contributed by atoms with E-state index < -0.39 is 23.2 Å². The van der Waals surface area contributed by atoms with Gasteiger partial charge in [0.2, 0.25) is 5.91 Å². The lowest BCUT2D eigenvalue weighted by molar-refractivity contribution is -0.125. The highest BCUT2D eigenvalue weighted by Gasteiger charge is 2.36. The minimum Gasteiger partial charge on any atom is -0.467 e. The number of halogens is 3. The van der Waals surface area contributed by atoms with Gasteiger partial charge in [-0.2, -0.15) is 0 Å². The Bertz CT molecular complexity index is 1200. The molecule has 2 unspecified atom stereocenters. The van der Waals surface area contributed by atoms with Crippen molar-refractivity contribution in [2.24, 2.45) is 16.1 Å². The fourth-order valence-corrected chi connectivity index (χ4v) is 4.78. The number of carbonyl (C=O) groups excluding carboxylic acids is 1. The van der Waals surface area contributed by atoms with Crippen molar-refractivity contribution >= 4 is 40.6 Å². The molecule has 0 bridgehead atoms. The van der Waals surface area contributed by atoms with Crippen molar-refractivity contribution < 1.29 is 18.7 Å². The molecule has 1 saturated heterocycles. The predicted octanol–water partition coefficient (Wildman–Crippen LogP) is 3.20. The fourth-order valence-electron chi connectivity index (χ4n) is 4.10. The van der Waals surface area contributed by atoms with E-state index in [1.807, 2.05) is 0 Å². The van der Waals surface area contributed by atoms with E-state index in [4.69, 9.17) is 44.1 Å². The number of benzene rings is 1. The Morgan fingerprint density at radius 1 is 1.33 bits per heavy atom. The lowest BCUT2D eigenvalue weighted by atomic mass is 9.81. The van der Waals surface area contributed by atoms with Crippen LogP contribution in [0.15, 0.2) is 35.5 Å². The van der Waals surface area contributed by atoms with Gasteiger partial charge in [-0.3, -0.25) is 14.7 Å². The number of anilines is 1. The molecule has 1 amide bonds. The summed E-state index contributed by atoms with van der Waals surface area (Å²) < 4.78 is 25.2. The molecule has 12 heteroatoms. The van der Waals surface area contributed by atoms with Gasteiger partial charge in [0.15, 0.2) is 5.82 Å². The summed E-state index contributed by atoms with van der Waals surface area (Å²) >= 11 is 12.3. The van der Waals surface area contributed by atoms with Crippen LogP contribution >= 0.6 is 23.2 Å². The van der Waals surface area contributed by atoms with Crippen LogP contribution in [0.5, 0.6) is 5.88 Å². The number of allylic oxidation sites excluding steroid dienone is 1. The van der Waals surface area contributed by atoms with Gasteiger partial charge in [-0.25, -0.2) is 14.4 Å². The van der Waals surface area contributed by atoms with E-state index >= 15 is 0 Å². The number of carbonyl (C=O) groups is 1. The van der Waals surface area contributed by atoms with Gasteiger partial charge in [0.05, 0.1) is 42.1 Å². The summed E-state index contributed by atoms with van der Waals surface area (Å²) in [4.78, 5) is 27.8. The maximum absolute atomic E-state index is 14.0. The Balaban J connectivity index is 1.50. The summed E-state index contributed by atoms with van der Waals surface area (Å²) in [5, 5.41) is 0.105. The Kier molecular flexibility index (Phi) is 8.09. The molecule has 1 fully saturated rings. The molecule has 0 saturated carbocycles. The highest BCUT2D eigenvalue weighted by atomic mass is 35.5. The summed E-state index contributed by atoms with van der Waals surface area (Å²) in [6, 6.07) is 2.57. The third-order valence-electron chi connectivity index (χ3n) is 6.36. The second-order valence-corrected chi connectivity index (χ2v) is 9.51. The summed E-state index contributed by atoms with van der Waals surface area (Å²) in [5.41, 5.74) is 12.0. The second kappa shape index (κ2) is 11.1. The number of aliphatic imine (C=N–C) groups is 1. The van der Waals surface area contributed by atoms with Crippen LogP contribution < -0.4 is 16.2 Å². The molecule has 1 aromatic carbocycles. The number of aromatic nitrogens is 2. The van der Waals surface area contributed by atoms with E-state index in [-0.39, 0.29) is 33.9 Å². The van der Waals surface area contributed by atoms with E-state index in [0.717, 1.165) is 13.1 Å². The first-order valence-electron chi connectivity index (χ1n) is 11.5. The highest BCUT2D eigenvalue weighted by molar-refractivity contribution is 6.36. The van der Waals surface area contributed by atoms with Crippen LogP contribution in [0.4, 0.5) is 10.2 Å². The Morgan fingerprint density at radius 2 is 2.08 bits per heavy atom. The van der Waals surface area contributed by atoms with Crippen LogP contribution in [0.2, 0.25) is 10.0 Å². The average molecular weight is 537 g/mol. The number of dihydropyridines is 1. The quantitative estimate of drug-likeness (QED) is 0.495. The third-order valence-corrected chi connectivity index (χ3v) is 7.08. The number of hydrogen-bond acceptors (Lipinski definition) is 8. The van der Waals surface area contributed by atoms with E-state index in [1.54, 1.807) is 19.1 Å². The molecule has 3 heterocycles. The van der Waals surface area contributed by atoms with Crippen molar-refractivity contribution in [2.75, 3.05) is 45.1 Å². The van der Waals surface area contributed by atoms with Crippen molar-refractivity contribution in [2.45, 2.75) is 19.4 Å². The zero-order valence-electron chi connectivity index (χ0n) is 19.7. The highest BCUT2D eigenvalue weighted by Crippen LogP contribution is 2.35. The fraction of sp³-hybridized carbons (Fsp3) is 0.417. The molecular weight excluding hydrogens is 510 g/mol. The number of rotatable bonds is 8. The molecular formula is C24H27Cl2FN6O3. The van der Waals surface area contributed by atoms with E-state index in [2.05, 4.69) is 19.9 Å². The SMILES string of the molecule is CC(Oc1nc(C2=NCC(CCN3CCOCC3)(C(N)=O)C=C2)cnc1N)c1c(Cl)ccc(F)c1Cl. The number of nitrogens with two attached hydrogens (primary N) is 2. The molecule has 192 valence electrons. The molecule has 4 rings (SSSR count). The maximum atomic E-state index is 14.0. The monoisotopic (exact) mass is 536 g/mol. The van der Waals surface area contributed by atoms with Crippen LogP contribution in [-0.2, 0) is 9.53 Å². The van der Waals surface area contributed by atoms with E-state index in [9.17, 15) is 9.18 Å². The van der Waals surface area contributed by atoms with Gasteiger partial charge in [0, 0.05) is 23.7 Å². The largest absolute Gasteiger partial charge is 0.467 e. The molecule has 2 aromatic rings. The molecule has 9 nitrogen and oxygen atoms in total. The van der Waals surface area contributed by atoms with Crippen molar-refractivity contribution in [3.8, 4) is 5.88 Å². The number of ether oxygens (including phenoxy) is 2. The van der Waals surface area contributed by atoms with Gasteiger partial charge in [-0.1, -0.05) is 29.3 Å². The minimum absolute atomic E-state index is 0.0200. The molecule has 2 aliphatic heterocycles. The van der Waals surface area contributed by atoms with Gasteiger partial charge >= 0.3 is 0 Å². The van der Waals surface area contributed by atoms with Crippen LogP contribution in [-0.4, -0.2) is 65.9 Å². The zero-order chi connectivity index (χ0) is 25.9. The van der Waals surface area contributed by atoms with Gasteiger partial charge in [0.25, 0.3) is 5.88 Å². The Hall–Kier alpha value is -2.79. The third kappa shape index (κ3) is 5.62. The summed E-state index contributed by atoms with van der Waals surface area (Å²) in [6.45, 7) is 5.54. The lowest BCUT2D eigenvalue weighted by Gasteiger charge is -2.33. The first-order chi connectivity index (χ1) is 17.2. The molecule has 0 aliphatic carbocycles. The van der Waals surface area contributed by atoms with Crippen molar-refractivity contribution in [3.63, 3.8) is 0 Å². The van der Waals surface area contributed by atoms with Gasteiger partial charge in [-0.05, 0) is 38.1 Å². The average Bonchev–Trinajstić information content (AvgIpc) is 2.87. The first-order valence-corrected chi connectivity index (χ1v) is 12.2. The number of morpholine rings is 1. The topological polar surface area (TPSA) is 129 Å². The van der Waals surface area contributed by atoms with E-state index in [1.165, 1.54) is 18.3 Å². The van der Waals surface area contributed by atoms with Crippen LogP contribution in [0, 0.1) is 11.2 Å². The van der Waals surface area contributed by atoms with Gasteiger partial charge in [-0.15, -0.1) is 0 Å². The molecule has 2 aliphatic rings. The molecule has 1 aromatic heterocycles. The lowest BCUT2D eigenvalue weighted by Crippen LogP contribution is -2.44. The maximum Gasteiger partial charge on any atom is 0.258 e. The summed E-state index contributed by atoms with van der Waals surface area (Å²) in [5.74, 6) is -0.995. The Labute approximate surface area is 218 Å². The first kappa shape index (κ1) is 26.3. The van der Waals surface area contributed by atoms with Gasteiger partial charge in [0.1, 0.15) is 17.6 Å². The number of primary amides is 1. The van der Waals surface area contributed by atoms with Crippen LogP contribution in [0.1, 0.15) is 30.7 Å². The number of nitrogens with zero attached hydrogens (tertiary/aromatic N) is 4. The summed E-state index contributed by atoms with van der Waals surface area (Å²) in [6.07, 6.45) is 4.74. The zero-order valence-corrected chi connectivity index (χ0v) is 21.2. The minimum atomic E-state index is -0.887. The smallest absolute Gasteiger partial charge is 0.258 e. The van der Waals surface area contributed by atoms with Crippen molar-refractivity contribution in [1.29, 1.82) is 0 Å². The molecule has 4 N–H and O–H groups in total. The second-order valence-electron chi connectivity index (χ2n) is 8.72. The number of nitrogen functional groups attached to an aromatic ring is 1. The van der Waals surface area contributed by atoms with Gasteiger partial charge < -0.3 is 20.9 Å². The number of amides is 1. The molecule has 0 spiro atoms. The van der Waals surface area contributed by atoms with Crippen LogP contribution in [0.3, 0.4) is 0 Å². The Morgan fingerprint density at radius 3 is 2.75 bits per heavy atom. The molecule has 2 atom stereocenters. The summed E-state index contributed by atoms with van der Waals surface area (Å²) in [7, 11) is 0.